The van der Waals surface area contributed by atoms with Crippen LogP contribution in [0.1, 0.15) is 18.1 Å². The lowest BCUT2D eigenvalue weighted by atomic mass is 9.90. The fraction of sp³-hybridized carbons (Fsp3) is 0.111. The summed E-state index contributed by atoms with van der Waals surface area (Å²) in [6.07, 6.45) is 5.18. The topological polar surface area (TPSA) is 56.8 Å². The highest BCUT2D eigenvalue weighted by molar-refractivity contribution is 5.90. The molecule has 1 aliphatic rings. The minimum Gasteiger partial charge on any atom is -0.456 e. The number of ether oxygens (including phenoxy) is 1. The van der Waals surface area contributed by atoms with Crippen molar-refractivity contribution in [3.05, 3.63) is 71.0 Å². The molecule has 0 unspecified atom stereocenters. The number of rotatable bonds is 2. The first-order chi connectivity index (χ1) is 10.1. The van der Waals surface area contributed by atoms with Gasteiger partial charge in [-0.15, -0.1) is 0 Å². The molecule has 3 heteroatoms. The van der Waals surface area contributed by atoms with E-state index in [4.69, 9.17) is 4.74 Å². The molecule has 1 aromatic carbocycles. The van der Waals surface area contributed by atoms with Gasteiger partial charge in [-0.1, -0.05) is 30.9 Å². The zero-order valence-electron chi connectivity index (χ0n) is 12.0. The van der Waals surface area contributed by atoms with E-state index >= 15 is 0 Å². The Bertz CT molecular complexity index is 764. The molecule has 102 valence electrons. The SMILES string of the molecule is C=C/C=C\C1=C(C)C(=C(C#N)C#N)c2ccc(C)cc2O1. The molecule has 3 nitrogen and oxygen atoms in total. The lowest BCUT2D eigenvalue weighted by Gasteiger charge is -2.23. The number of nitrogens with zero attached hydrogens (tertiary/aromatic N) is 2. The monoisotopic (exact) mass is 274 g/mol. The second-order valence-corrected chi connectivity index (χ2v) is 4.66. The molecule has 0 bridgehead atoms. The zero-order chi connectivity index (χ0) is 15.4. The van der Waals surface area contributed by atoms with Gasteiger partial charge >= 0.3 is 0 Å². The Balaban J connectivity index is 2.77. The Morgan fingerprint density at radius 2 is 1.95 bits per heavy atom. The first kappa shape index (κ1) is 14.4. The second-order valence-electron chi connectivity index (χ2n) is 4.66. The molecular weight excluding hydrogens is 260 g/mol. The van der Waals surface area contributed by atoms with Crippen LogP contribution >= 0.6 is 0 Å². The van der Waals surface area contributed by atoms with Crippen LogP contribution in [0.5, 0.6) is 5.75 Å². The maximum absolute atomic E-state index is 9.21. The predicted octanol–water partition coefficient (Wildman–Crippen LogP) is 4.20. The summed E-state index contributed by atoms with van der Waals surface area (Å²) in [4.78, 5) is 0. The van der Waals surface area contributed by atoms with Crippen molar-refractivity contribution in [1.29, 1.82) is 10.5 Å². The Labute approximate surface area is 124 Å². The Hall–Kier alpha value is -3.04. The number of fused-ring (bicyclic) bond motifs is 1. The lowest BCUT2D eigenvalue weighted by molar-refractivity contribution is 0.433. The molecule has 0 atom stereocenters. The fourth-order valence-electron chi connectivity index (χ4n) is 2.21. The maximum atomic E-state index is 9.21. The highest BCUT2D eigenvalue weighted by Crippen LogP contribution is 2.40. The van der Waals surface area contributed by atoms with E-state index < -0.39 is 0 Å². The number of hydrogen-bond acceptors (Lipinski definition) is 3. The van der Waals surface area contributed by atoms with Gasteiger partial charge < -0.3 is 4.74 Å². The summed E-state index contributed by atoms with van der Waals surface area (Å²) in [6.45, 7) is 7.44. The van der Waals surface area contributed by atoms with E-state index in [1.54, 1.807) is 18.2 Å². The van der Waals surface area contributed by atoms with Gasteiger partial charge in [0.15, 0.2) is 0 Å². The van der Waals surface area contributed by atoms with Gasteiger partial charge in [0, 0.05) is 16.7 Å². The van der Waals surface area contributed by atoms with E-state index in [0.29, 0.717) is 17.1 Å². The van der Waals surface area contributed by atoms with E-state index in [1.165, 1.54) is 0 Å². The van der Waals surface area contributed by atoms with Crippen LogP contribution in [0.2, 0.25) is 0 Å². The molecule has 0 N–H and O–H groups in total. The molecule has 0 saturated carbocycles. The molecule has 0 fully saturated rings. The predicted molar refractivity (Wildman–Crippen MR) is 82.0 cm³/mol. The normalized spacial score (nSPS) is 13.2. The summed E-state index contributed by atoms with van der Waals surface area (Å²) >= 11 is 0. The first-order valence-corrected chi connectivity index (χ1v) is 6.46. The summed E-state index contributed by atoms with van der Waals surface area (Å²) in [5, 5.41) is 18.4. The Morgan fingerprint density at radius 1 is 1.24 bits per heavy atom. The van der Waals surface area contributed by atoms with Crippen LogP contribution in [0.25, 0.3) is 5.57 Å². The maximum Gasteiger partial charge on any atom is 0.138 e. The minimum absolute atomic E-state index is 0.0883. The van der Waals surface area contributed by atoms with E-state index in [-0.39, 0.29) is 5.57 Å². The summed E-state index contributed by atoms with van der Waals surface area (Å²) < 4.78 is 5.89. The van der Waals surface area contributed by atoms with E-state index in [0.717, 1.165) is 16.7 Å². The number of allylic oxidation sites excluding steroid dienone is 6. The smallest absolute Gasteiger partial charge is 0.138 e. The highest BCUT2D eigenvalue weighted by atomic mass is 16.5. The van der Waals surface area contributed by atoms with E-state index in [9.17, 15) is 10.5 Å². The van der Waals surface area contributed by atoms with Crippen LogP contribution in [-0.2, 0) is 0 Å². The highest BCUT2D eigenvalue weighted by Gasteiger charge is 2.24. The first-order valence-electron chi connectivity index (χ1n) is 6.46. The molecule has 0 radical (unpaired) electrons. The molecule has 0 spiro atoms. The molecular formula is C18H14N2O. The average molecular weight is 274 g/mol. The third-order valence-corrected chi connectivity index (χ3v) is 3.23. The molecule has 21 heavy (non-hydrogen) atoms. The summed E-state index contributed by atoms with van der Waals surface area (Å²) in [7, 11) is 0. The molecule has 1 aliphatic heterocycles. The van der Waals surface area contributed by atoms with Crippen molar-refractivity contribution >= 4 is 5.57 Å². The van der Waals surface area contributed by atoms with E-state index in [1.807, 2.05) is 44.2 Å². The van der Waals surface area contributed by atoms with Gasteiger partial charge in [0.1, 0.15) is 29.2 Å². The minimum atomic E-state index is 0.0883. The molecule has 0 aromatic heterocycles. The van der Waals surface area contributed by atoms with Gasteiger partial charge in [-0.2, -0.15) is 10.5 Å². The third kappa shape index (κ3) is 2.63. The van der Waals surface area contributed by atoms with Crippen molar-refractivity contribution < 1.29 is 4.74 Å². The zero-order valence-corrected chi connectivity index (χ0v) is 12.0. The van der Waals surface area contributed by atoms with Crippen molar-refractivity contribution in [2.75, 3.05) is 0 Å². The van der Waals surface area contributed by atoms with Gasteiger partial charge in [-0.3, -0.25) is 0 Å². The van der Waals surface area contributed by atoms with Crippen molar-refractivity contribution in [1.82, 2.24) is 0 Å². The Kier molecular flexibility index (Phi) is 4.07. The van der Waals surface area contributed by atoms with Crippen molar-refractivity contribution in [2.45, 2.75) is 13.8 Å². The molecule has 0 amide bonds. The van der Waals surface area contributed by atoms with Crippen LogP contribution in [0.15, 0.2) is 59.9 Å². The van der Waals surface area contributed by atoms with Gasteiger partial charge in [-0.05, 0) is 31.6 Å². The summed E-state index contributed by atoms with van der Waals surface area (Å²) in [5.74, 6) is 1.27. The van der Waals surface area contributed by atoms with Crippen LogP contribution < -0.4 is 4.74 Å². The van der Waals surface area contributed by atoms with Gasteiger partial charge in [0.2, 0.25) is 0 Å². The standard InChI is InChI=1S/C18H14N2O/c1-4-5-6-16-13(3)18(14(10-19)11-20)15-8-7-12(2)9-17(15)21-16/h4-9H,1H2,2-3H3/b6-5-. The third-order valence-electron chi connectivity index (χ3n) is 3.23. The van der Waals surface area contributed by atoms with Crippen LogP contribution in [0.3, 0.4) is 0 Å². The van der Waals surface area contributed by atoms with Crippen molar-refractivity contribution in [3.8, 4) is 17.9 Å². The molecule has 2 rings (SSSR count). The quantitative estimate of drug-likeness (QED) is 0.599. The Morgan fingerprint density at radius 3 is 2.57 bits per heavy atom. The number of aryl methyl sites for hydroxylation is 1. The number of nitriles is 2. The van der Waals surface area contributed by atoms with Crippen molar-refractivity contribution in [3.63, 3.8) is 0 Å². The summed E-state index contributed by atoms with van der Waals surface area (Å²) in [6, 6.07) is 9.65. The van der Waals surface area contributed by atoms with Crippen molar-refractivity contribution in [2.24, 2.45) is 0 Å². The van der Waals surface area contributed by atoms with Crippen LogP contribution in [0.4, 0.5) is 0 Å². The van der Waals surface area contributed by atoms with Gasteiger partial charge in [0.05, 0.1) is 0 Å². The lowest BCUT2D eigenvalue weighted by Crippen LogP contribution is -2.08. The summed E-state index contributed by atoms with van der Waals surface area (Å²) in [5.41, 5.74) is 3.31. The number of hydrogen-bond donors (Lipinski definition) is 0. The van der Waals surface area contributed by atoms with E-state index in [2.05, 4.69) is 6.58 Å². The molecule has 1 aromatic rings. The van der Waals surface area contributed by atoms with Gasteiger partial charge in [0.25, 0.3) is 0 Å². The largest absolute Gasteiger partial charge is 0.456 e. The molecule has 0 saturated heterocycles. The van der Waals surface area contributed by atoms with Gasteiger partial charge in [-0.25, -0.2) is 0 Å². The molecule has 0 aliphatic carbocycles. The number of benzene rings is 1. The second kappa shape index (κ2) is 5.94. The average Bonchev–Trinajstić information content (AvgIpc) is 2.48. The van der Waals surface area contributed by atoms with Crippen LogP contribution in [0, 0.1) is 29.6 Å². The fourth-order valence-corrected chi connectivity index (χ4v) is 2.21. The van der Waals surface area contributed by atoms with Crippen LogP contribution in [-0.4, -0.2) is 0 Å². The molecule has 1 heterocycles.